The molecule has 1 N–H and O–H groups in total. The summed E-state index contributed by atoms with van der Waals surface area (Å²) >= 11 is 0. The molecule has 1 unspecified atom stereocenters. The van der Waals surface area contributed by atoms with Gasteiger partial charge in [-0.15, -0.1) is 0 Å². The minimum Gasteiger partial charge on any atom is -0.465 e. The summed E-state index contributed by atoms with van der Waals surface area (Å²) in [6.07, 6.45) is -0.593. The number of esters is 1. The van der Waals surface area contributed by atoms with Crippen LogP contribution in [0.4, 0.5) is 4.39 Å². The molecule has 0 saturated heterocycles. The van der Waals surface area contributed by atoms with E-state index in [-0.39, 0.29) is 12.2 Å². The maximum Gasteiger partial charge on any atom is 0.340 e. The molecular formula is C14H20FNO4. The van der Waals surface area contributed by atoms with Gasteiger partial charge in [0.1, 0.15) is 5.82 Å². The van der Waals surface area contributed by atoms with Gasteiger partial charge in [-0.2, -0.15) is 0 Å². The van der Waals surface area contributed by atoms with E-state index in [0.717, 1.165) is 0 Å². The molecular weight excluding hydrogens is 265 g/mol. The first-order valence-corrected chi connectivity index (χ1v) is 6.20. The van der Waals surface area contributed by atoms with Crippen LogP contribution < -0.4 is 0 Å². The van der Waals surface area contributed by atoms with Gasteiger partial charge in [0, 0.05) is 20.2 Å². The Bertz CT molecular complexity index is 453. The third kappa shape index (κ3) is 4.88. The number of hydrogen-bond donors (Lipinski definition) is 1. The first-order chi connectivity index (χ1) is 9.47. The fourth-order valence-corrected chi connectivity index (χ4v) is 1.91. The largest absolute Gasteiger partial charge is 0.465 e. The van der Waals surface area contributed by atoms with Crippen LogP contribution in [0.15, 0.2) is 18.2 Å². The van der Waals surface area contributed by atoms with Gasteiger partial charge in [0.05, 0.1) is 25.4 Å². The molecule has 0 aliphatic rings. The highest BCUT2D eigenvalue weighted by Gasteiger charge is 2.13. The van der Waals surface area contributed by atoms with Crippen LogP contribution in [0, 0.1) is 5.82 Å². The second kappa shape index (κ2) is 7.94. The third-order valence-corrected chi connectivity index (χ3v) is 2.77. The molecule has 0 aromatic heterocycles. The van der Waals surface area contributed by atoms with E-state index in [0.29, 0.717) is 18.7 Å². The van der Waals surface area contributed by atoms with E-state index >= 15 is 0 Å². The summed E-state index contributed by atoms with van der Waals surface area (Å²) in [6.45, 7) is 1.12. The molecule has 1 atom stereocenters. The Hall–Kier alpha value is -1.50. The summed E-state index contributed by atoms with van der Waals surface area (Å²) in [6, 6.07) is 4.36. The van der Waals surface area contributed by atoms with E-state index in [9.17, 15) is 14.3 Å². The van der Waals surface area contributed by atoms with E-state index in [1.54, 1.807) is 6.07 Å². The van der Waals surface area contributed by atoms with Crippen LogP contribution in [-0.2, 0) is 16.0 Å². The second-order valence-corrected chi connectivity index (χ2v) is 4.61. The van der Waals surface area contributed by atoms with E-state index in [4.69, 9.17) is 4.74 Å². The number of benzene rings is 1. The van der Waals surface area contributed by atoms with Gasteiger partial charge >= 0.3 is 5.97 Å². The number of carbonyl (C=O) groups is 1. The predicted molar refractivity (Wildman–Crippen MR) is 72.0 cm³/mol. The molecule has 0 aliphatic carbocycles. The summed E-state index contributed by atoms with van der Waals surface area (Å²) in [5, 5.41) is 9.60. The van der Waals surface area contributed by atoms with Crippen LogP contribution >= 0.6 is 0 Å². The van der Waals surface area contributed by atoms with Gasteiger partial charge < -0.3 is 14.6 Å². The smallest absolute Gasteiger partial charge is 0.340 e. The quantitative estimate of drug-likeness (QED) is 0.759. The number of hydrogen-bond acceptors (Lipinski definition) is 5. The van der Waals surface area contributed by atoms with Crippen molar-refractivity contribution in [3.63, 3.8) is 0 Å². The number of likely N-dealkylation sites (N-methyl/N-ethyl adjacent to an activating group) is 1. The topological polar surface area (TPSA) is 59.0 Å². The molecule has 0 fully saturated rings. The maximum atomic E-state index is 13.7. The van der Waals surface area contributed by atoms with Gasteiger partial charge in [-0.05, 0) is 24.7 Å². The van der Waals surface area contributed by atoms with Gasteiger partial charge in [-0.3, -0.25) is 4.90 Å². The molecule has 0 heterocycles. The highest BCUT2D eigenvalue weighted by molar-refractivity contribution is 5.89. The van der Waals surface area contributed by atoms with Crippen molar-refractivity contribution in [2.24, 2.45) is 0 Å². The average Bonchev–Trinajstić information content (AvgIpc) is 2.38. The van der Waals surface area contributed by atoms with Crippen molar-refractivity contribution < 1.29 is 23.8 Å². The lowest BCUT2D eigenvalue weighted by atomic mass is 10.1. The van der Waals surface area contributed by atoms with E-state index in [2.05, 4.69) is 4.74 Å². The van der Waals surface area contributed by atoms with Gasteiger partial charge in [0.15, 0.2) is 0 Å². The molecule has 0 saturated carbocycles. The fraction of sp³-hybridized carbons (Fsp3) is 0.500. The van der Waals surface area contributed by atoms with E-state index in [1.807, 2.05) is 11.9 Å². The SMILES string of the molecule is COCC(O)CN(C)Cc1ccc(C(=O)OC)c(F)c1. The van der Waals surface area contributed by atoms with Crippen molar-refractivity contribution in [2.45, 2.75) is 12.6 Å². The molecule has 0 bridgehead atoms. The lowest BCUT2D eigenvalue weighted by molar-refractivity contribution is 0.0419. The summed E-state index contributed by atoms with van der Waals surface area (Å²) in [5.74, 6) is -1.31. The second-order valence-electron chi connectivity index (χ2n) is 4.61. The monoisotopic (exact) mass is 285 g/mol. The lowest BCUT2D eigenvalue weighted by Gasteiger charge is -2.20. The highest BCUT2D eigenvalue weighted by atomic mass is 19.1. The number of nitrogens with zero attached hydrogens (tertiary/aromatic N) is 1. The fourth-order valence-electron chi connectivity index (χ4n) is 1.91. The molecule has 20 heavy (non-hydrogen) atoms. The molecule has 6 heteroatoms. The van der Waals surface area contributed by atoms with Crippen LogP contribution in [0.2, 0.25) is 0 Å². The zero-order valence-corrected chi connectivity index (χ0v) is 11.9. The third-order valence-electron chi connectivity index (χ3n) is 2.77. The van der Waals surface area contributed by atoms with E-state index in [1.165, 1.54) is 26.4 Å². The molecule has 0 radical (unpaired) electrons. The average molecular weight is 285 g/mol. The molecule has 112 valence electrons. The number of ether oxygens (including phenoxy) is 2. The Labute approximate surface area is 117 Å². The number of carbonyl (C=O) groups excluding carboxylic acids is 1. The number of halogens is 1. The molecule has 1 rings (SSSR count). The Morgan fingerprint density at radius 2 is 2.15 bits per heavy atom. The zero-order valence-electron chi connectivity index (χ0n) is 11.9. The number of methoxy groups -OCH3 is 2. The van der Waals surface area contributed by atoms with Crippen molar-refractivity contribution in [2.75, 3.05) is 34.4 Å². The minimum atomic E-state index is -0.696. The molecule has 1 aromatic carbocycles. The first kappa shape index (κ1) is 16.6. The first-order valence-electron chi connectivity index (χ1n) is 6.20. The standard InChI is InChI=1S/C14H20FNO4/c1-16(8-11(17)9-19-2)7-10-4-5-12(13(15)6-10)14(18)20-3/h4-6,11,17H,7-9H2,1-3H3. The Balaban J connectivity index is 2.65. The molecule has 1 aromatic rings. The highest BCUT2D eigenvalue weighted by Crippen LogP contribution is 2.13. The van der Waals surface area contributed by atoms with Gasteiger partial charge in [0.25, 0.3) is 0 Å². The van der Waals surface area contributed by atoms with Crippen molar-refractivity contribution in [3.8, 4) is 0 Å². The van der Waals surface area contributed by atoms with Crippen molar-refractivity contribution in [1.82, 2.24) is 4.90 Å². The van der Waals surface area contributed by atoms with Gasteiger partial charge in [0.2, 0.25) is 0 Å². The van der Waals surface area contributed by atoms with Crippen LogP contribution in [0.25, 0.3) is 0 Å². The van der Waals surface area contributed by atoms with Crippen LogP contribution in [-0.4, -0.2) is 56.5 Å². The van der Waals surface area contributed by atoms with Crippen molar-refractivity contribution in [1.29, 1.82) is 0 Å². The van der Waals surface area contributed by atoms with Crippen molar-refractivity contribution in [3.05, 3.63) is 35.1 Å². The summed E-state index contributed by atoms with van der Waals surface area (Å²) in [7, 11) is 4.54. The Morgan fingerprint density at radius 3 is 2.70 bits per heavy atom. The van der Waals surface area contributed by atoms with Gasteiger partial charge in [-0.25, -0.2) is 9.18 Å². The molecule has 0 aliphatic heterocycles. The predicted octanol–water partition coefficient (Wildman–Crippen LogP) is 1.05. The van der Waals surface area contributed by atoms with Gasteiger partial charge in [-0.1, -0.05) is 6.07 Å². The van der Waals surface area contributed by atoms with E-state index < -0.39 is 17.9 Å². The number of aliphatic hydroxyl groups is 1. The van der Waals surface area contributed by atoms with Crippen LogP contribution in [0.3, 0.4) is 0 Å². The Morgan fingerprint density at radius 1 is 1.45 bits per heavy atom. The molecule has 0 spiro atoms. The lowest BCUT2D eigenvalue weighted by Crippen LogP contribution is -2.31. The maximum absolute atomic E-state index is 13.7. The van der Waals surface area contributed by atoms with Crippen LogP contribution in [0.1, 0.15) is 15.9 Å². The number of aliphatic hydroxyl groups excluding tert-OH is 1. The normalized spacial score (nSPS) is 12.5. The Kier molecular flexibility index (Phi) is 6.57. The van der Waals surface area contributed by atoms with Crippen LogP contribution in [0.5, 0.6) is 0 Å². The minimum absolute atomic E-state index is 0.0849. The number of rotatable bonds is 7. The molecule has 5 nitrogen and oxygen atoms in total. The summed E-state index contributed by atoms with van der Waals surface area (Å²) < 4.78 is 23.1. The zero-order chi connectivity index (χ0) is 15.1. The summed E-state index contributed by atoms with van der Waals surface area (Å²) in [4.78, 5) is 13.1. The van der Waals surface area contributed by atoms with Crippen molar-refractivity contribution >= 4 is 5.97 Å². The molecule has 0 amide bonds. The summed E-state index contributed by atoms with van der Waals surface area (Å²) in [5.41, 5.74) is 0.626.